The summed E-state index contributed by atoms with van der Waals surface area (Å²) in [4.78, 5) is 48.6. The third-order valence-electron chi connectivity index (χ3n) is 2.61. The molecule has 1 aliphatic rings. The van der Waals surface area contributed by atoms with E-state index in [0.717, 1.165) is 28.9 Å². The van der Waals surface area contributed by atoms with Crippen LogP contribution in [0.25, 0.3) is 0 Å². The Balaban J connectivity index is 1.91. The number of amides is 3. The number of hydrogen-bond acceptors (Lipinski definition) is 6. The Bertz CT molecular complexity index is 611. The molecule has 0 spiro atoms. The molecule has 2 heterocycles. The molecule has 0 unspecified atom stereocenters. The van der Waals surface area contributed by atoms with Crippen LogP contribution in [0.3, 0.4) is 0 Å². The van der Waals surface area contributed by atoms with Crippen molar-refractivity contribution in [2.45, 2.75) is 0 Å². The Kier molecular flexibility index (Phi) is 4.08. The minimum atomic E-state index is -0.606. The Labute approximate surface area is 117 Å². The molecule has 0 aliphatic carbocycles. The molecule has 3 amide bonds. The van der Waals surface area contributed by atoms with Crippen molar-refractivity contribution in [3.8, 4) is 5.75 Å². The highest BCUT2D eigenvalue weighted by Crippen LogP contribution is 2.17. The molecule has 0 atom stereocenters. The summed E-state index contributed by atoms with van der Waals surface area (Å²) in [6.07, 6.45) is 1.09. The quantitative estimate of drug-likeness (QED) is 0.689. The maximum absolute atomic E-state index is 11.7. The highest BCUT2D eigenvalue weighted by molar-refractivity contribution is 8.14. The van der Waals surface area contributed by atoms with Gasteiger partial charge in [-0.15, -0.1) is 0 Å². The molecule has 9 heteroatoms. The van der Waals surface area contributed by atoms with E-state index >= 15 is 0 Å². The molecule has 1 aliphatic heterocycles. The molecule has 1 aromatic heterocycles. The lowest BCUT2D eigenvalue weighted by Crippen LogP contribution is -2.37. The molecule has 1 saturated heterocycles. The van der Waals surface area contributed by atoms with Crippen LogP contribution in [-0.2, 0) is 4.79 Å². The molecule has 8 nitrogen and oxygen atoms in total. The summed E-state index contributed by atoms with van der Waals surface area (Å²) in [6.45, 7) is 0.135. The highest BCUT2D eigenvalue weighted by atomic mass is 32.2. The molecule has 106 valence electrons. The van der Waals surface area contributed by atoms with Gasteiger partial charge in [-0.25, -0.2) is 0 Å². The van der Waals surface area contributed by atoms with Crippen molar-refractivity contribution in [1.82, 2.24) is 15.2 Å². The van der Waals surface area contributed by atoms with E-state index in [0.29, 0.717) is 0 Å². The summed E-state index contributed by atoms with van der Waals surface area (Å²) < 4.78 is 0. The number of aromatic hydroxyl groups is 1. The molecule has 0 aromatic carbocycles. The number of nitrogens with zero attached hydrogens (tertiary/aromatic N) is 1. The second-order valence-electron chi connectivity index (χ2n) is 3.95. The number of aromatic amines is 1. The van der Waals surface area contributed by atoms with Crippen LogP contribution in [0.5, 0.6) is 5.75 Å². The average molecular weight is 297 g/mol. The van der Waals surface area contributed by atoms with Gasteiger partial charge in [-0.3, -0.25) is 24.1 Å². The number of imide groups is 1. The second-order valence-corrected chi connectivity index (χ2v) is 4.88. The van der Waals surface area contributed by atoms with E-state index in [1.807, 2.05) is 0 Å². The Morgan fingerprint density at radius 1 is 1.45 bits per heavy atom. The maximum atomic E-state index is 11.7. The minimum Gasteiger partial charge on any atom is -0.507 e. The largest absolute Gasteiger partial charge is 0.507 e. The minimum absolute atomic E-state index is 0.0649. The van der Waals surface area contributed by atoms with Gasteiger partial charge in [-0.05, 0) is 0 Å². The summed E-state index contributed by atoms with van der Waals surface area (Å²) in [5, 5.41) is 11.6. The fraction of sp³-hybridized carbons (Fsp3) is 0.273. The fourth-order valence-corrected chi connectivity index (χ4v) is 2.37. The Morgan fingerprint density at radius 3 is 2.80 bits per heavy atom. The number of rotatable bonds is 4. The number of carbonyl (C=O) groups is 3. The number of hydrogen-bond donors (Lipinski definition) is 3. The van der Waals surface area contributed by atoms with E-state index in [2.05, 4.69) is 10.3 Å². The van der Waals surface area contributed by atoms with Crippen LogP contribution in [0.15, 0.2) is 17.1 Å². The predicted octanol–water partition coefficient (Wildman–Crippen LogP) is -0.494. The predicted molar refractivity (Wildman–Crippen MR) is 70.6 cm³/mol. The van der Waals surface area contributed by atoms with Gasteiger partial charge in [-0.1, -0.05) is 11.8 Å². The van der Waals surface area contributed by atoms with Crippen molar-refractivity contribution in [1.29, 1.82) is 0 Å². The smallest absolute Gasteiger partial charge is 0.288 e. The molecule has 0 radical (unpaired) electrons. The lowest BCUT2D eigenvalue weighted by atomic mass is 10.2. The first kappa shape index (κ1) is 14.1. The van der Waals surface area contributed by atoms with E-state index in [4.69, 9.17) is 0 Å². The molecule has 0 saturated carbocycles. The first-order chi connectivity index (χ1) is 9.49. The summed E-state index contributed by atoms with van der Waals surface area (Å²) in [7, 11) is 0. The average Bonchev–Trinajstić information content (AvgIpc) is 2.70. The molecule has 1 fully saturated rings. The molecule has 2 rings (SSSR count). The topological polar surface area (TPSA) is 120 Å². The number of pyridine rings is 1. The molecule has 20 heavy (non-hydrogen) atoms. The lowest BCUT2D eigenvalue weighted by molar-refractivity contribution is -0.124. The summed E-state index contributed by atoms with van der Waals surface area (Å²) >= 11 is 0.918. The zero-order chi connectivity index (χ0) is 14.7. The molecular weight excluding hydrogens is 286 g/mol. The van der Waals surface area contributed by atoms with Crippen molar-refractivity contribution < 1.29 is 19.5 Å². The van der Waals surface area contributed by atoms with Crippen LogP contribution in [0.1, 0.15) is 10.4 Å². The van der Waals surface area contributed by atoms with Crippen molar-refractivity contribution >= 4 is 28.8 Å². The summed E-state index contributed by atoms with van der Waals surface area (Å²) in [5.74, 6) is -1.21. The van der Waals surface area contributed by atoms with Crippen LogP contribution in [-0.4, -0.2) is 50.9 Å². The zero-order valence-electron chi connectivity index (χ0n) is 10.2. The van der Waals surface area contributed by atoms with Gasteiger partial charge in [0.15, 0.2) is 0 Å². The van der Waals surface area contributed by atoms with E-state index in [-0.39, 0.29) is 35.6 Å². The van der Waals surface area contributed by atoms with Crippen LogP contribution in [0, 0.1) is 0 Å². The molecule has 1 aromatic rings. The van der Waals surface area contributed by atoms with E-state index in [1.165, 1.54) is 0 Å². The van der Waals surface area contributed by atoms with Gasteiger partial charge in [0.1, 0.15) is 5.75 Å². The van der Waals surface area contributed by atoms with Crippen LogP contribution >= 0.6 is 11.8 Å². The number of nitrogens with one attached hydrogen (secondary N) is 2. The first-order valence-electron chi connectivity index (χ1n) is 5.66. The van der Waals surface area contributed by atoms with Crippen molar-refractivity contribution in [2.75, 3.05) is 18.8 Å². The van der Waals surface area contributed by atoms with Gasteiger partial charge in [0.25, 0.3) is 16.7 Å². The second kappa shape index (κ2) is 5.78. The van der Waals surface area contributed by atoms with Crippen molar-refractivity contribution in [2.24, 2.45) is 0 Å². The number of thioether (sulfide) groups is 1. The van der Waals surface area contributed by atoms with E-state index in [9.17, 15) is 24.3 Å². The molecule has 3 N–H and O–H groups in total. The Hall–Kier alpha value is -2.29. The summed E-state index contributed by atoms with van der Waals surface area (Å²) in [6, 6.07) is 0.888. The maximum Gasteiger partial charge on any atom is 0.288 e. The van der Waals surface area contributed by atoms with E-state index < -0.39 is 17.2 Å². The van der Waals surface area contributed by atoms with Gasteiger partial charge in [-0.2, -0.15) is 0 Å². The molecular formula is C11H11N3O5S. The highest BCUT2D eigenvalue weighted by Gasteiger charge is 2.29. The molecule has 0 bridgehead atoms. The number of carbonyl (C=O) groups excluding carboxylic acids is 3. The number of H-pyrrole nitrogens is 1. The van der Waals surface area contributed by atoms with Crippen molar-refractivity contribution in [3.63, 3.8) is 0 Å². The third kappa shape index (κ3) is 2.99. The van der Waals surface area contributed by atoms with Gasteiger partial charge in [0.05, 0.1) is 11.3 Å². The van der Waals surface area contributed by atoms with Crippen molar-refractivity contribution in [3.05, 3.63) is 28.2 Å². The zero-order valence-corrected chi connectivity index (χ0v) is 11.0. The normalized spacial score (nSPS) is 14.7. The van der Waals surface area contributed by atoms with Crippen LogP contribution in [0.4, 0.5) is 4.79 Å². The SMILES string of the molecule is O=C(NCCN1C(=O)CSC1=O)c1c[nH]c(=O)cc1O. The van der Waals surface area contributed by atoms with Crippen LogP contribution < -0.4 is 10.9 Å². The first-order valence-corrected chi connectivity index (χ1v) is 6.64. The third-order valence-corrected chi connectivity index (χ3v) is 3.47. The number of aromatic nitrogens is 1. The van der Waals surface area contributed by atoms with Gasteiger partial charge < -0.3 is 15.4 Å². The fourth-order valence-electron chi connectivity index (χ4n) is 1.62. The van der Waals surface area contributed by atoms with E-state index in [1.54, 1.807) is 0 Å². The standard InChI is InChI=1S/C11H11N3O5S/c15-7-3-8(16)13-4-6(7)10(18)12-1-2-14-9(17)5-20-11(14)19/h3-4H,1-2,5H2,(H,12,18)(H2,13,15,16). The summed E-state index contributed by atoms with van der Waals surface area (Å²) in [5.41, 5.74) is -0.609. The Morgan fingerprint density at radius 2 is 2.20 bits per heavy atom. The van der Waals surface area contributed by atoms with Gasteiger partial charge in [0.2, 0.25) is 5.91 Å². The lowest BCUT2D eigenvalue weighted by Gasteiger charge is -2.13. The van der Waals surface area contributed by atoms with Gasteiger partial charge >= 0.3 is 0 Å². The monoisotopic (exact) mass is 297 g/mol. The van der Waals surface area contributed by atoms with Gasteiger partial charge in [0, 0.05) is 25.4 Å². The van der Waals surface area contributed by atoms with Crippen LogP contribution in [0.2, 0.25) is 0 Å².